The number of halogens is 5. The minimum Gasteiger partial charge on any atom is -0.374 e. The minimum atomic E-state index is -4.82. The Bertz CT molecular complexity index is 1640. The molecule has 2 aliphatic rings. The number of rotatable bonds is 6. The lowest BCUT2D eigenvalue weighted by atomic mass is 9.96. The van der Waals surface area contributed by atoms with Crippen LogP contribution in [-0.2, 0) is 22.3 Å². The summed E-state index contributed by atoms with van der Waals surface area (Å²) in [5, 5.41) is -0.197. The lowest BCUT2D eigenvalue weighted by molar-refractivity contribution is -0.137. The molecule has 3 heterocycles. The summed E-state index contributed by atoms with van der Waals surface area (Å²) in [7, 11) is 0. The number of hydrogen-bond acceptors (Lipinski definition) is 7. The quantitative estimate of drug-likeness (QED) is 0.302. The van der Waals surface area contributed by atoms with Gasteiger partial charge in [-0.05, 0) is 43.7 Å². The molecule has 2 N–H and O–H groups in total. The van der Waals surface area contributed by atoms with E-state index in [1.54, 1.807) is 9.80 Å². The Hall–Kier alpha value is -3.13. The van der Waals surface area contributed by atoms with Gasteiger partial charge in [-0.1, -0.05) is 24.2 Å². The molecule has 0 radical (unpaired) electrons. The Morgan fingerprint density at radius 2 is 1.93 bits per heavy atom. The molecule has 14 heteroatoms. The van der Waals surface area contributed by atoms with E-state index in [1.807, 2.05) is 13.8 Å². The summed E-state index contributed by atoms with van der Waals surface area (Å²) in [5.41, 5.74) is 4.11. The van der Waals surface area contributed by atoms with Crippen LogP contribution in [-0.4, -0.2) is 70.5 Å². The van der Waals surface area contributed by atoms with Crippen molar-refractivity contribution in [3.63, 3.8) is 0 Å². The molecule has 3 unspecified atom stereocenters. The number of benzene rings is 2. The van der Waals surface area contributed by atoms with Crippen LogP contribution < -0.4 is 16.3 Å². The molecule has 0 saturated carbocycles. The van der Waals surface area contributed by atoms with E-state index in [-0.39, 0.29) is 94.3 Å². The van der Waals surface area contributed by atoms with E-state index < -0.39 is 29.4 Å². The Morgan fingerprint density at radius 3 is 2.53 bits per heavy atom. The summed E-state index contributed by atoms with van der Waals surface area (Å²) < 4.78 is 65.9. The van der Waals surface area contributed by atoms with Gasteiger partial charge in [0.2, 0.25) is 5.91 Å². The van der Waals surface area contributed by atoms with E-state index >= 15 is 0 Å². The third-order valence-corrected chi connectivity index (χ3v) is 9.15. The monoisotopic (exact) mass is 639 g/mol. The fraction of sp³-hybridized carbons (Fsp3) is 0.414. The number of nitrogens with zero attached hydrogens (tertiary/aromatic N) is 4. The molecule has 1 saturated heterocycles. The van der Waals surface area contributed by atoms with Crippen molar-refractivity contribution in [3.8, 4) is 11.1 Å². The maximum atomic E-state index is 14.9. The van der Waals surface area contributed by atoms with Crippen LogP contribution in [0.4, 0.5) is 23.4 Å². The molecule has 1 fully saturated rings. The zero-order chi connectivity index (χ0) is 31.2. The Kier molecular flexibility index (Phi) is 8.81. The number of carbonyl (C=O) groups excluding carboxylic acids is 1. The van der Waals surface area contributed by atoms with Gasteiger partial charge >= 0.3 is 11.9 Å². The molecule has 2 aromatic carbocycles. The van der Waals surface area contributed by atoms with Crippen LogP contribution in [0.25, 0.3) is 22.0 Å². The molecule has 1 aromatic heterocycles. The van der Waals surface area contributed by atoms with Gasteiger partial charge in [0.1, 0.15) is 11.6 Å². The highest BCUT2D eigenvalue weighted by atomic mass is 35.5. The van der Waals surface area contributed by atoms with Crippen LogP contribution in [0.15, 0.2) is 46.6 Å². The number of carbonyl (C=O) groups is 1. The fourth-order valence-electron chi connectivity index (χ4n) is 5.91. The predicted octanol–water partition coefficient (Wildman–Crippen LogP) is 4.94. The van der Waals surface area contributed by atoms with Crippen LogP contribution in [0.5, 0.6) is 0 Å². The van der Waals surface area contributed by atoms with Crippen molar-refractivity contribution in [1.82, 2.24) is 14.5 Å². The zero-order valence-corrected chi connectivity index (χ0v) is 25.0. The number of hydrogen-bond donors (Lipinski definition) is 1. The Balaban J connectivity index is 1.80. The SMILES string of the molecule is C=CC(=O)N1C(C)CN(c2nc(=O)n3c4c(c(-c5ccc(F)c(Cl)c5)c(C(F)(F)F)cc24)SCC(OCCN)C3)CC1C. The van der Waals surface area contributed by atoms with Gasteiger partial charge in [0.25, 0.3) is 0 Å². The van der Waals surface area contributed by atoms with E-state index in [9.17, 15) is 27.2 Å². The number of thioether (sulfide) groups is 1. The van der Waals surface area contributed by atoms with Gasteiger partial charge in [0.15, 0.2) is 0 Å². The van der Waals surface area contributed by atoms with E-state index in [4.69, 9.17) is 22.1 Å². The van der Waals surface area contributed by atoms with Gasteiger partial charge in [-0.15, -0.1) is 11.8 Å². The average Bonchev–Trinajstić information content (AvgIpc) is 3.14. The number of piperazine rings is 1. The summed E-state index contributed by atoms with van der Waals surface area (Å²) in [6.45, 7) is 8.14. The molecule has 43 heavy (non-hydrogen) atoms. The second-order valence-corrected chi connectivity index (χ2v) is 12.1. The third kappa shape index (κ3) is 5.87. The first kappa shape index (κ1) is 31.3. The van der Waals surface area contributed by atoms with Crippen molar-refractivity contribution in [2.75, 3.05) is 36.9 Å². The van der Waals surface area contributed by atoms with E-state index in [2.05, 4.69) is 11.6 Å². The second-order valence-electron chi connectivity index (χ2n) is 10.6. The van der Waals surface area contributed by atoms with Gasteiger partial charge in [-0.25, -0.2) is 9.18 Å². The Labute approximate surface area is 254 Å². The fourth-order valence-corrected chi connectivity index (χ4v) is 7.37. The highest BCUT2D eigenvalue weighted by Crippen LogP contribution is 2.48. The minimum absolute atomic E-state index is 0.0476. The molecule has 8 nitrogen and oxygen atoms in total. The van der Waals surface area contributed by atoms with Crippen molar-refractivity contribution < 1.29 is 27.1 Å². The zero-order valence-electron chi connectivity index (χ0n) is 23.5. The lowest BCUT2D eigenvalue weighted by Crippen LogP contribution is -2.58. The molecule has 3 atom stereocenters. The van der Waals surface area contributed by atoms with Crippen molar-refractivity contribution in [1.29, 1.82) is 0 Å². The van der Waals surface area contributed by atoms with Crippen molar-refractivity contribution in [3.05, 3.63) is 63.8 Å². The number of anilines is 1. The molecular formula is C29H30ClF4N5O3S. The average molecular weight is 640 g/mol. The highest BCUT2D eigenvalue weighted by Gasteiger charge is 2.40. The number of aromatic nitrogens is 2. The smallest absolute Gasteiger partial charge is 0.374 e. The predicted molar refractivity (Wildman–Crippen MR) is 159 cm³/mol. The first-order valence-electron chi connectivity index (χ1n) is 13.6. The van der Waals surface area contributed by atoms with E-state index in [0.717, 1.165) is 30.0 Å². The molecule has 2 aliphatic heterocycles. The summed E-state index contributed by atoms with van der Waals surface area (Å²) in [5.74, 6) is -0.708. The topological polar surface area (TPSA) is 93.7 Å². The van der Waals surface area contributed by atoms with E-state index in [0.29, 0.717) is 0 Å². The molecule has 0 bridgehead atoms. The van der Waals surface area contributed by atoms with Crippen molar-refractivity contribution in [2.45, 2.75) is 49.7 Å². The first-order valence-corrected chi connectivity index (χ1v) is 15.0. The number of alkyl halides is 3. The summed E-state index contributed by atoms with van der Waals surface area (Å²) in [6, 6.07) is 3.74. The van der Waals surface area contributed by atoms with Gasteiger partial charge in [0.05, 0.1) is 35.4 Å². The second kappa shape index (κ2) is 12.1. The molecule has 5 rings (SSSR count). The van der Waals surface area contributed by atoms with Gasteiger partial charge in [-0.3, -0.25) is 9.36 Å². The normalized spacial score (nSPS) is 20.8. The van der Waals surface area contributed by atoms with Crippen molar-refractivity contribution >= 4 is 46.0 Å². The highest BCUT2D eigenvalue weighted by molar-refractivity contribution is 7.99. The molecule has 230 valence electrons. The lowest BCUT2D eigenvalue weighted by Gasteiger charge is -2.44. The molecule has 0 spiro atoms. The van der Waals surface area contributed by atoms with Gasteiger partial charge in [-0.2, -0.15) is 18.2 Å². The summed E-state index contributed by atoms with van der Waals surface area (Å²) in [6.07, 6.45) is -4.14. The number of amides is 1. The molecule has 0 aliphatic carbocycles. The summed E-state index contributed by atoms with van der Waals surface area (Å²) in [4.78, 5) is 34.1. The molecule has 3 aromatic rings. The standard InChI is InChI=1S/C29H30ClF4N5O3S/c1-4-23(40)39-15(2)11-37(12-16(39)3)27-19-10-20(29(32,33)34)24(17-5-6-22(31)21(30)9-17)26-25(19)38(28(41)36-27)13-18(14-43-26)42-8-7-35/h4-6,9-10,15-16,18H,1,7-8,11-14,35H2,2-3H3. The van der Waals surface area contributed by atoms with Gasteiger partial charge < -0.3 is 20.3 Å². The van der Waals surface area contributed by atoms with Crippen LogP contribution in [0.1, 0.15) is 19.4 Å². The maximum Gasteiger partial charge on any atom is 0.417 e. The Morgan fingerprint density at radius 1 is 1.23 bits per heavy atom. The summed E-state index contributed by atoms with van der Waals surface area (Å²) >= 11 is 7.15. The van der Waals surface area contributed by atoms with Crippen LogP contribution in [0.2, 0.25) is 5.02 Å². The third-order valence-electron chi connectivity index (χ3n) is 7.63. The van der Waals surface area contributed by atoms with Crippen LogP contribution >= 0.6 is 23.4 Å². The first-order chi connectivity index (χ1) is 20.3. The van der Waals surface area contributed by atoms with E-state index in [1.165, 1.54) is 16.7 Å². The van der Waals surface area contributed by atoms with Crippen molar-refractivity contribution in [2.24, 2.45) is 5.73 Å². The number of nitrogens with two attached hydrogens (primary N) is 1. The number of ether oxygens (including phenoxy) is 1. The van der Waals surface area contributed by atoms with Crippen LogP contribution in [0, 0.1) is 5.82 Å². The largest absolute Gasteiger partial charge is 0.417 e. The van der Waals surface area contributed by atoms with Gasteiger partial charge in [0, 0.05) is 53.3 Å². The molecular weight excluding hydrogens is 610 g/mol. The molecule has 1 amide bonds. The maximum absolute atomic E-state index is 14.9. The van der Waals surface area contributed by atoms with Crippen LogP contribution in [0.3, 0.4) is 0 Å².